The van der Waals surface area contributed by atoms with Gasteiger partial charge in [-0.15, -0.1) is 0 Å². The van der Waals surface area contributed by atoms with Crippen LogP contribution in [0.5, 0.6) is 0 Å². The number of carbonyl (C=O) groups excluding carboxylic acids is 2. The third-order valence-electron chi connectivity index (χ3n) is 5.03. The van der Waals surface area contributed by atoms with E-state index in [-0.39, 0.29) is 29.1 Å². The van der Waals surface area contributed by atoms with Gasteiger partial charge in [0.25, 0.3) is 5.91 Å². The van der Waals surface area contributed by atoms with Crippen molar-refractivity contribution in [2.45, 2.75) is 11.6 Å². The Kier molecular flexibility index (Phi) is 5.25. The molecule has 0 saturated carbocycles. The molecule has 30 heavy (non-hydrogen) atoms. The first-order valence-corrected chi connectivity index (χ1v) is 11.4. The SMILES string of the molecule is CS(=O)(=O)c1nc(C(=O)N2CCN(C(=O)Cc3ccccn3)CC2)c2ccccn12. The molecular weight excluding hydrogens is 406 g/mol. The smallest absolute Gasteiger partial charge is 0.274 e. The van der Waals surface area contributed by atoms with E-state index in [9.17, 15) is 18.0 Å². The predicted molar refractivity (Wildman–Crippen MR) is 109 cm³/mol. The Morgan fingerprint density at radius 1 is 1.00 bits per heavy atom. The van der Waals surface area contributed by atoms with Gasteiger partial charge in [0.1, 0.15) is 0 Å². The monoisotopic (exact) mass is 427 g/mol. The lowest BCUT2D eigenvalue weighted by atomic mass is 10.2. The zero-order chi connectivity index (χ0) is 21.3. The van der Waals surface area contributed by atoms with Crippen LogP contribution in [0.2, 0.25) is 0 Å². The van der Waals surface area contributed by atoms with Crippen LogP contribution in [0.15, 0.2) is 53.9 Å². The van der Waals surface area contributed by atoms with Gasteiger partial charge in [-0.1, -0.05) is 12.1 Å². The second-order valence-corrected chi connectivity index (χ2v) is 9.05. The van der Waals surface area contributed by atoms with Crippen LogP contribution in [0.3, 0.4) is 0 Å². The van der Waals surface area contributed by atoms with Crippen LogP contribution in [0.1, 0.15) is 16.2 Å². The highest BCUT2D eigenvalue weighted by Crippen LogP contribution is 2.19. The van der Waals surface area contributed by atoms with Crippen molar-refractivity contribution in [3.63, 3.8) is 0 Å². The normalized spacial score (nSPS) is 14.8. The van der Waals surface area contributed by atoms with Gasteiger partial charge in [-0.2, -0.15) is 0 Å². The van der Waals surface area contributed by atoms with Gasteiger partial charge in [0.05, 0.1) is 11.9 Å². The molecule has 0 radical (unpaired) electrons. The maximum Gasteiger partial charge on any atom is 0.274 e. The maximum absolute atomic E-state index is 13.1. The van der Waals surface area contributed by atoms with E-state index in [0.29, 0.717) is 37.4 Å². The van der Waals surface area contributed by atoms with Crippen molar-refractivity contribution in [3.05, 3.63) is 60.2 Å². The summed E-state index contributed by atoms with van der Waals surface area (Å²) in [7, 11) is -3.60. The molecule has 0 atom stereocenters. The Hall–Kier alpha value is -3.27. The summed E-state index contributed by atoms with van der Waals surface area (Å²) >= 11 is 0. The topological polar surface area (TPSA) is 105 Å². The number of hydrogen-bond donors (Lipinski definition) is 0. The fraction of sp³-hybridized carbons (Fsp3) is 0.300. The molecule has 3 aromatic heterocycles. The van der Waals surface area contributed by atoms with Gasteiger partial charge >= 0.3 is 0 Å². The van der Waals surface area contributed by atoms with Gasteiger partial charge in [0.2, 0.25) is 20.9 Å². The molecule has 1 aliphatic heterocycles. The maximum atomic E-state index is 13.1. The molecule has 0 N–H and O–H groups in total. The number of amides is 2. The number of aromatic nitrogens is 3. The minimum absolute atomic E-state index is 0.0346. The van der Waals surface area contributed by atoms with E-state index < -0.39 is 9.84 Å². The van der Waals surface area contributed by atoms with Crippen LogP contribution in [-0.2, 0) is 21.1 Å². The van der Waals surface area contributed by atoms with Crippen molar-refractivity contribution in [2.24, 2.45) is 0 Å². The summed E-state index contributed by atoms with van der Waals surface area (Å²) in [6.07, 6.45) is 4.51. The van der Waals surface area contributed by atoms with Gasteiger partial charge in [0.15, 0.2) is 5.69 Å². The van der Waals surface area contributed by atoms with Crippen molar-refractivity contribution in [1.29, 1.82) is 0 Å². The minimum atomic E-state index is -3.60. The van der Waals surface area contributed by atoms with Crippen molar-refractivity contribution in [3.8, 4) is 0 Å². The van der Waals surface area contributed by atoms with Gasteiger partial charge in [-0.05, 0) is 24.3 Å². The molecule has 0 spiro atoms. The van der Waals surface area contributed by atoms with Gasteiger partial charge < -0.3 is 9.80 Å². The summed E-state index contributed by atoms with van der Waals surface area (Å²) in [5.41, 5.74) is 1.25. The molecule has 0 aromatic carbocycles. The number of sulfone groups is 1. The Labute approximate surface area is 173 Å². The molecule has 2 amide bonds. The van der Waals surface area contributed by atoms with E-state index in [1.807, 2.05) is 6.07 Å². The molecule has 3 aromatic rings. The summed E-state index contributed by atoms with van der Waals surface area (Å²) in [5, 5.41) is -0.161. The first-order chi connectivity index (χ1) is 14.3. The van der Waals surface area contributed by atoms with Crippen molar-refractivity contribution in [2.75, 3.05) is 32.4 Å². The van der Waals surface area contributed by atoms with Crippen LogP contribution < -0.4 is 0 Å². The Bertz CT molecular complexity index is 1200. The average molecular weight is 427 g/mol. The molecule has 1 fully saturated rings. The summed E-state index contributed by atoms with van der Waals surface area (Å²) in [6, 6.07) is 10.5. The fourth-order valence-electron chi connectivity index (χ4n) is 3.51. The van der Waals surface area contributed by atoms with Crippen LogP contribution in [-0.4, -0.2) is 76.8 Å². The summed E-state index contributed by atoms with van der Waals surface area (Å²) < 4.78 is 25.6. The standard InChI is InChI=1S/C20H21N5O4S/c1-30(28,29)20-22-18(16-7-3-5-9-25(16)20)19(27)24-12-10-23(11-13-24)17(26)14-15-6-2-4-8-21-15/h2-9H,10-14H2,1H3. The molecule has 0 unspecified atom stereocenters. The van der Waals surface area contributed by atoms with Crippen LogP contribution in [0.4, 0.5) is 0 Å². The first-order valence-electron chi connectivity index (χ1n) is 9.48. The van der Waals surface area contributed by atoms with E-state index in [4.69, 9.17) is 0 Å². The Morgan fingerprint density at radius 2 is 1.70 bits per heavy atom. The van der Waals surface area contributed by atoms with Crippen LogP contribution in [0.25, 0.3) is 5.52 Å². The molecule has 10 heteroatoms. The lowest BCUT2D eigenvalue weighted by Gasteiger charge is -2.34. The van der Waals surface area contributed by atoms with Crippen LogP contribution in [0, 0.1) is 0 Å². The van der Waals surface area contributed by atoms with Gasteiger partial charge in [-0.25, -0.2) is 13.4 Å². The molecule has 4 rings (SSSR count). The third kappa shape index (κ3) is 3.90. The van der Waals surface area contributed by atoms with Crippen molar-refractivity contribution in [1.82, 2.24) is 24.2 Å². The molecule has 156 valence electrons. The molecule has 1 saturated heterocycles. The molecule has 1 aliphatic rings. The average Bonchev–Trinajstić information content (AvgIpc) is 3.14. The quantitative estimate of drug-likeness (QED) is 0.606. The van der Waals surface area contributed by atoms with E-state index >= 15 is 0 Å². The van der Waals surface area contributed by atoms with E-state index in [1.54, 1.807) is 52.5 Å². The first kappa shape index (κ1) is 20.0. The van der Waals surface area contributed by atoms with E-state index in [1.165, 1.54) is 4.40 Å². The lowest BCUT2D eigenvalue weighted by molar-refractivity contribution is -0.132. The Balaban J connectivity index is 1.48. The third-order valence-corrected chi connectivity index (χ3v) is 5.98. The fourth-order valence-corrected chi connectivity index (χ4v) is 4.28. The van der Waals surface area contributed by atoms with Crippen LogP contribution >= 0.6 is 0 Å². The second kappa shape index (κ2) is 7.86. The molecular formula is C20H21N5O4S. The number of fused-ring (bicyclic) bond motifs is 1. The van der Waals surface area contributed by atoms with Gasteiger partial charge in [0, 0.05) is 50.5 Å². The number of imidazole rings is 1. The number of hydrogen-bond acceptors (Lipinski definition) is 6. The second-order valence-electron chi connectivity index (χ2n) is 7.14. The number of nitrogens with zero attached hydrogens (tertiary/aromatic N) is 5. The largest absolute Gasteiger partial charge is 0.339 e. The Morgan fingerprint density at radius 3 is 2.37 bits per heavy atom. The van der Waals surface area contributed by atoms with E-state index in [2.05, 4.69) is 9.97 Å². The molecule has 4 heterocycles. The van der Waals surface area contributed by atoms with Crippen molar-refractivity contribution >= 4 is 27.2 Å². The predicted octanol–water partition coefficient (Wildman–Crippen LogP) is 0.660. The minimum Gasteiger partial charge on any atom is -0.339 e. The summed E-state index contributed by atoms with van der Waals surface area (Å²) in [5.74, 6) is -0.377. The number of rotatable bonds is 4. The summed E-state index contributed by atoms with van der Waals surface area (Å²) in [4.78, 5) is 37.2. The number of carbonyl (C=O) groups is 2. The zero-order valence-electron chi connectivity index (χ0n) is 16.4. The molecule has 0 aliphatic carbocycles. The number of piperazine rings is 1. The molecule has 9 nitrogen and oxygen atoms in total. The summed E-state index contributed by atoms with van der Waals surface area (Å²) in [6.45, 7) is 1.52. The zero-order valence-corrected chi connectivity index (χ0v) is 17.2. The van der Waals surface area contributed by atoms with E-state index in [0.717, 1.165) is 6.26 Å². The highest BCUT2D eigenvalue weighted by atomic mass is 32.2. The van der Waals surface area contributed by atoms with Crippen molar-refractivity contribution < 1.29 is 18.0 Å². The highest BCUT2D eigenvalue weighted by molar-refractivity contribution is 7.90. The molecule has 0 bridgehead atoms. The highest BCUT2D eigenvalue weighted by Gasteiger charge is 2.29. The number of pyridine rings is 2. The van der Waals surface area contributed by atoms with Gasteiger partial charge in [-0.3, -0.25) is 19.0 Å². The lowest BCUT2D eigenvalue weighted by Crippen LogP contribution is -2.51.